The first-order valence-corrected chi connectivity index (χ1v) is 10.8. The van der Waals surface area contributed by atoms with Crippen molar-refractivity contribution in [1.29, 1.82) is 0 Å². The van der Waals surface area contributed by atoms with E-state index in [1.54, 1.807) is 0 Å². The zero-order chi connectivity index (χ0) is 23.2. The predicted molar refractivity (Wildman–Crippen MR) is 127 cm³/mol. The number of H-pyrrole nitrogens is 2. The van der Waals surface area contributed by atoms with Gasteiger partial charge in [-0.1, -0.05) is 42.5 Å². The van der Waals surface area contributed by atoms with Gasteiger partial charge in [0.25, 0.3) is 0 Å². The number of amides is 1. The Hall–Kier alpha value is -4.66. The summed E-state index contributed by atoms with van der Waals surface area (Å²) in [5.41, 5.74) is 4.50. The largest absolute Gasteiger partial charge is 0.492 e. The fourth-order valence-electron chi connectivity index (χ4n) is 3.56. The monoisotopic (exact) mass is 454 g/mol. The molecule has 0 bridgehead atoms. The fraction of sp³-hybridized carbons (Fsp3) is 0.120. The Morgan fingerprint density at radius 1 is 0.941 bits per heavy atom. The molecule has 2 aromatic heterocycles. The second-order valence-corrected chi connectivity index (χ2v) is 7.53. The van der Waals surface area contributed by atoms with Gasteiger partial charge in [0.15, 0.2) is 5.82 Å². The normalized spacial score (nSPS) is 10.8. The lowest BCUT2D eigenvalue weighted by Gasteiger charge is -2.09. The van der Waals surface area contributed by atoms with E-state index in [2.05, 4.69) is 30.7 Å². The second-order valence-electron chi connectivity index (χ2n) is 7.53. The molecular weight excluding hydrogens is 432 g/mol. The van der Waals surface area contributed by atoms with Crippen LogP contribution >= 0.6 is 0 Å². The van der Waals surface area contributed by atoms with E-state index >= 15 is 0 Å². The molecule has 0 aliphatic carbocycles. The molecule has 170 valence electrons. The average molecular weight is 454 g/mol. The van der Waals surface area contributed by atoms with Crippen LogP contribution in [0.3, 0.4) is 0 Å². The third-order valence-corrected chi connectivity index (χ3v) is 5.21. The molecule has 3 aromatic carbocycles. The van der Waals surface area contributed by atoms with E-state index in [1.807, 2.05) is 72.8 Å². The number of fused-ring (bicyclic) bond motifs is 1. The van der Waals surface area contributed by atoms with Crippen molar-refractivity contribution in [3.63, 3.8) is 0 Å². The number of aromatic amines is 2. The fourth-order valence-corrected chi connectivity index (χ4v) is 3.56. The summed E-state index contributed by atoms with van der Waals surface area (Å²) in [6, 6.07) is 23.1. The lowest BCUT2D eigenvalue weighted by atomic mass is 10.1. The summed E-state index contributed by atoms with van der Waals surface area (Å²) < 4.78 is 11.0. The Kier molecular flexibility index (Phi) is 6.15. The van der Waals surface area contributed by atoms with E-state index in [0.29, 0.717) is 24.7 Å². The Morgan fingerprint density at radius 3 is 2.71 bits per heavy atom. The first kappa shape index (κ1) is 21.2. The molecule has 0 radical (unpaired) electrons. The number of benzene rings is 3. The van der Waals surface area contributed by atoms with Gasteiger partial charge in [-0.15, -0.1) is 0 Å². The van der Waals surface area contributed by atoms with E-state index in [1.165, 1.54) is 6.33 Å². The highest BCUT2D eigenvalue weighted by molar-refractivity contribution is 5.95. The van der Waals surface area contributed by atoms with Crippen LogP contribution in [0, 0.1) is 0 Å². The maximum absolute atomic E-state index is 11.9. The number of aromatic nitrogens is 5. The molecule has 9 heteroatoms. The minimum Gasteiger partial charge on any atom is -0.492 e. The van der Waals surface area contributed by atoms with Crippen LogP contribution in [-0.2, 0) is 11.3 Å². The summed E-state index contributed by atoms with van der Waals surface area (Å²) in [5.74, 6) is 1.38. The molecule has 0 aliphatic rings. The summed E-state index contributed by atoms with van der Waals surface area (Å²) in [7, 11) is 0. The van der Waals surface area contributed by atoms with Crippen LogP contribution in [0.2, 0.25) is 0 Å². The van der Waals surface area contributed by atoms with Crippen molar-refractivity contribution in [3.8, 4) is 28.4 Å². The van der Waals surface area contributed by atoms with Gasteiger partial charge in [0.1, 0.15) is 31.0 Å². The highest BCUT2D eigenvalue weighted by atomic mass is 16.5. The van der Waals surface area contributed by atoms with Crippen molar-refractivity contribution in [2.24, 2.45) is 0 Å². The number of nitrogens with one attached hydrogen (secondary N) is 3. The Bertz CT molecular complexity index is 1380. The molecule has 0 unspecified atom stereocenters. The second kappa shape index (κ2) is 9.86. The van der Waals surface area contributed by atoms with E-state index in [9.17, 15) is 4.79 Å². The Labute approximate surface area is 195 Å². The molecule has 34 heavy (non-hydrogen) atoms. The number of carbonyl (C=O) groups excluding carboxylic acids is 1. The van der Waals surface area contributed by atoms with Crippen molar-refractivity contribution < 1.29 is 14.3 Å². The molecule has 3 N–H and O–H groups in total. The van der Waals surface area contributed by atoms with Crippen LogP contribution in [-0.4, -0.2) is 44.6 Å². The topological polar surface area (TPSA) is 118 Å². The number of nitrogens with zero attached hydrogens (tertiary/aromatic N) is 3. The van der Waals surface area contributed by atoms with Crippen molar-refractivity contribution in [2.45, 2.75) is 6.61 Å². The van der Waals surface area contributed by atoms with E-state index < -0.39 is 6.09 Å². The summed E-state index contributed by atoms with van der Waals surface area (Å²) in [6.07, 6.45) is 1.00. The van der Waals surface area contributed by atoms with Crippen LogP contribution in [0.5, 0.6) is 5.75 Å². The van der Waals surface area contributed by atoms with Crippen molar-refractivity contribution in [3.05, 3.63) is 84.7 Å². The zero-order valence-electron chi connectivity index (χ0n) is 18.2. The van der Waals surface area contributed by atoms with Gasteiger partial charge < -0.3 is 14.8 Å². The zero-order valence-corrected chi connectivity index (χ0v) is 18.2. The van der Waals surface area contributed by atoms with E-state index in [-0.39, 0.29) is 6.61 Å². The van der Waals surface area contributed by atoms with E-state index in [0.717, 1.165) is 33.3 Å². The maximum atomic E-state index is 11.9. The third kappa shape index (κ3) is 4.88. The molecular formula is C25H22N6O3. The molecule has 0 spiro atoms. The number of hydrogen-bond acceptors (Lipinski definition) is 6. The van der Waals surface area contributed by atoms with Gasteiger partial charge >= 0.3 is 6.09 Å². The predicted octanol–water partition coefficient (Wildman–Crippen LogP) is 4.32. The van der Waals surface area contributed by atoms with E-state index in [4.69, 9.17) is 9.47 Å². The van der Waals surface area contributed by atoms with Gasteiger partial charge in [-0.05, 0) is 35.9 Å². The molecule has 0 atom stereocenters. The molecule has 0 aliphatic heterocycles. The standard InChI is InChI=1S/C25H22N6O3/c32-25(34-15-17-5-2-1-3-6-17)26-11-12-33-20-8-4-7-18(13-20)23-21-14-19(24-27-16-28-31-24)9-10-22(21)29-30-23/h1-10,13-14,16H,11-12,15H2,(H,26,32)(H,29,30)(H,27,28,31). The highest BCUT2D eigenvalue weighted by Crippen LogP contribution is 2.31. The van der Waals surface area contributed by atoms with Gasteiger partial charge in [-0.2, -0.15) is 10.2 Å². The molecule has 1 amide bonds. The van der Waals surface area contributed by atoms with Gasteiger partial charge in [-0.25, -0.2) is 9.78 Å². The van der Waals surface area contributed by atoms with Crippen LogP contribution in [0.1, 0.15) is 5.56 Å². The van der Waals surface area contributed by atoms with Crippen molar-refractivity contribution >= 4 is 17.0 Å². The smallest absolute Gasteiger partial charge is 0.407 e. The highest BCUT2D eigenvalue weighted by Gasteiger charge is 2.11. The Balaban J connectivity index is 1.19. The summed E-state index contributed by atoms with van der Waals surface area (Å²) in [5, 5.41) is 18.0. The van der Waals surface area contributed by atoms with Crippen LogP contribution in [0.15, 0.2) is 79.1 Å². The lowest BCUT2D eigenvalue weighted by Crippen LogP contribution is -2.28. The number of carbonyl (C=O) groups is 1. The molecule has 0 fully saturated rings. The van der Waals surface area contributed by atoms with Crippen LogP contribution in [0.25, 0.3) is 33.5 Å². The molecule has 9 nitrogen and oxygen atoms in total. The first-order valence-electron chi connectivity index (χ1n) is 10.8. The summed E-state index contributed by atoms with van der Waals surface area (Å²) >= 11 is 0. The quantitative estimate of drug-likeness (QED) is 0.301. The number of ether oxygens (including phenoxy) is 2. The first-order chi connectivity index (χ1) is 16.8. The van der Waals surface area contributed by atoms with Crippen molar-refractivity contribution in [2.75, 3.05) is 13.2 Å². The lowest BCUT2D eigenvalue weighted by molar-refractivity contribution is 0.137. The Morgan fingerprint density at radius 2 is 1.85 bits per heavy atom. The minimum absolute atomic E-state index is 0.228. The SMILES string of the molecule is O=C(NCCOc1cccc(-c2n[nH]c3ccc(-c4ncn[nH]4)cc23)c1)OCc1ccccc1. The third-order valence-electron chi connectivity index (χ3n) is 5.21. The minimum atomic E-state index is -0.480. The number of rotatable bonds is 8. The van der Waals surface area contributed by atoms with Crippen LogP contribution in [0.4, 0.5) is 4.79 Å². The van der Waals surface area contributed by atoms with Gasteiger partial charge in [-0.3, -0.25) is 10.2 Å². The summed E-state index contributed by atoms with van der Waals surface area (Å²) in [6.45, 7) is 0.857. The van der Waals surface area contributed by atoms with Gasteiger partial charge in [0, 0.05) is 16.5 Å². The molecule has 5 rings (SSSR count). The molecule has 2 heterocycles. The van der Waals surface area contributed by atoms with Gasteiger partial charge in [0.05, 0.1) is 12.1 Å². The number of hydrogen-bond donors (Lipinski definition) is 3. The van der Waals surface area contributed by atoms with Crippen LogP contribution < -0.4 is 10.1 Å². The van der Waals surface area contributed by atoms with Crippen molar-refractivity contribution in [1.82, 2.24) is 30.7 Å². The molecule has 0 saturated carbocycles. The average Bonchev–Trinajstić information content (AvgIpc) is 3.56. The molecule has 5 aromatic rings. The maximum Gasteiger partial charge on any atom is 0.407 e. The molecule has 0 saturated heterocycles. The number of alkyl carbamates (subject to hydrolysis) is 1. The van der Waals surface area contributed by atoms with Gasteiger partial charge in [0.2, 0.25) is 0 Å². The summed E-state index contributed by atoms with van der Waals surface area (Å²) in [4.78, 5) is 16.1.